The molecule has 0 aromatic carbocycles. The fourth-order valence-electron chi connectivity index (χ4n) is 1.78. The van der Waals surface area contributed by atoms with Gasteiger partial charge in [-0.25, -0.2) is 4.68 Å². The standard InChI is InChI=1S/C9H11F3N4O/c1-15(8(3-4-8)9(10,11)12)7(17)6-5-13-14-16(6)2/h5H,3-4H2,1-2H3. The van der Waals surface area contributed by atoms with E-state index in [0.717, 1.165) is 22.8 Å². The van der Waals surface area contributed by atoms with E-state index in [-0.39, 0.29) is 18.5 Å². The van der Waals surface area contributed by atoms with Gasteiger partial charge in [-0.15, -0.1) is 5.10 Å². The first-order valence-corrected chi connectivity index (χ1v) is 4.99. The molecule has 94 valence electrons. The van der Waals surface area contributed by atoms with Gasteiger partial charge in [0.05, 0.1) is 6.20 Å². The number of hydrogen-bond donors (Lipinski definition) is 0. The van der Waals surface area contributed by atoms with E-state index in [2.05, 4.69) is 10.3 Å². The van der Waals surface area contributed by atoms with Gasteiger partial charge in [-0.05, 0) is 12.8 Å². The molecule has 0 N–H and O–H groups in total. The van der Waals surface area contributed by atoms with Gasteiger partial charge in [0.2, 0.25) is 0 Å². The first kappa shape index (κ1) is 11.9. The molecule has 0 unspecified atom stereocenters. The third-order valence-electron chi connectivity index (χ3n) is 3.13. The second-order valence-corrected chi connectivity index (χ2v) is 4.14. The molecule has 1 aliphatic carbocycles. The molecular formula is C9H11F3N4O. The predicted molar refractivity (Wildman–Crippen MR) is 51.1 cm³/mol. The summed E-state index contributed by atoms with van der Waals surface area (Å²) in [6.45, 7) is 0. The summed E-state index contributed by atoms with van der Waals surface area (Å²) in [6, 6.07) is 0. The number of amides is 1. The van der Waals surface area contributed by atoms with Gasteiger partial charge in [-0.1, -0.05) is 5.21 Å². The molecule has 0 bridgehead atoms. The largest absolute Gasteiger partial charge is 0.411 e. The third kappa shape index (κ3) is 1.67. The Balaban J connectivity index is 2.25. The van der Waals surface area contributed by atoms with Crippen LogP contribution in [0, 0.1) is 0 Å². The molecule has 1 saturated carbocycles. The molecule has 0 atom stereocenters. The highest BCUT2D eigenvalue weighted by Crippen LogP contribution is 2.53. The fraction of sp³-hybridized carbons (Fsp3) is 0.667. The van der Waals surface area contributed by atoms with Crippen LogP contribution in [0.4, 0.5) is 13.2 Å². The van der Waals surface area contributed by atoms with Crippen molar-refractivity contribution in [2.24, 2.45) is 7.05 Å². The number of carbonyl (C=O) groups is 1. The van der Waals surface area contributed by atoms with Crippen molar-refractivity contribution in [3.63, 3.8) is 0 Å². The molecule has 1 aliphatic rings. The Hall–Kier alpha value is -1.60. The van der Waals surface area contributed by atoms with E-state index in [1.807, 2.05) is 0 Å². The smallest absolute Gasteiger partial charge is 0.326 e. The van der Waals surface area contributed by atoms with E-state index >= 15 is 0 Å². The van der Waals surface area contributed by atoms with E-state index in [4.69, 9.17) is 0 Å². The molecule has 0 aliphatic heterocycles. The summed E-state index contributed by atoms with van der Waals surface area (Å²) in [5.41, 5.74) is -1.96. The average Bonchev–Trinajstić information content (AvgIpc) is 2.95. The maximum atomic E-state index is 12.8. The molecule has 0 radical (unpaired) electrons. The molecular weight excluding hydrogens is 237 g/mol. The van der Waals surface area contributed by atoms with Crippen LogP contribution in [0.25, 0.3) is 0 Å². The van der Waals surface area contributed by atoms with Crippen molar-refractivity contribution >= 4 is 5.91 Å². The number of alkyl halides is 3. The van der Waals surface area contributed by atoms with Crippen LogP contribution in [0.15, 0.2) is 6.20 Å². The van der Waals surface area contributed by atoms with E-state index in [1.54, 1.807) is 0 Å². The zero-order valence-corrected chi connectivity index (χ0v) is 9.32. The Morgan fingerprint density at radius 2 is 2.12 bits per heavy atom. The summed E-state index contributed by atoms with van der Waals surface area (Å²) in [5, 5.41) is 7.00. The average molecular weight is 248 g/mol. The van der Waals surface area contributed by atoms with Crippen molar-refractivity contribution < 1.29 is 18.0 Å². The van der Waals surface area contributed by atoms with Crippen molar-refractivity contribution in [3.05, 3.63) is 11.9 Å². The minimum atomic E-state index is -4.40. The van der Waals surface area contributed by atoms with Gasteiger partial charge < -0.3 is 4.90 Å². The lowest BCUT2D eigenvalue weighted by molar-refractivity contribution is -0.185. The van der Waals surface area contributed by atoms with Crippen molar-refractivity contribution in [1.29, 1.82) is 0 Å². The first-order chi connectivity index (χ1) is 7.79. The van der Waals surface area contributed by atoms with Crippen molar-refractivity contribution in [2.75, 3.05) is 7.05 Å². The van der Waals surface area contributed by atoms with Crippen LogP contribution in [-0.4, -0.2) is 44.6 Å². The molecule has 1 fully saturated rings. The summed E-state index contributed by atoms with van der Waals surface area (Å²) >= 11 is 0. The number of rotatable bonds is 2. The van der Waals surface area contributed by atoms with Gasteiger partial charge in [0.1, 0.15) is 11.2 Å². The number of nitrogens with zero attached hydrogens (tertiary/aromatic N) is 4. The molecule has 0 spiro atoms. The van der Waals surface area contributed by atoms with Crippen LogP contribution in [0.5, 0.6) is 0 Å². The molecule has 17 heavy (non-hydrogen) atoms. The van der Waals surface area contributed by atoms with Gasteiger partial charge >= 0.3 is 6.18 Å². The summed E-state index contributed by atoms with van der Waals surface area (Å²) in [6.07, 6.45) is -3.34. The van der Waals surface area contributed by atoms with Crippen LogP contribution < -0.4 is 0 Å². The topological polar surface area (TPSA) is 51.0 Å². The highest BCUT2D eigenvalue weighted by Gasteiger charge is 2.67. The minimum absolute atomic E-state index is 0.0445. The molecule has 1 aromatic heterocycles. The van der Waals surface area contributed by atoms with Crippen LogP contribution >= 0.6 is 0 Å². The highest BCUT2D eigenvalue weighted by atomic mass is 19.4. The van der Waals surface area contributed by atoms with Gasteiger partial charge in [0, 0.05) is 14.1 Å². The predicted octanol–water partition coefficient (Wildman–Crippen LogP) is 0.982. The summed E-state index contributed by atoms with van der Waals surface area (Å²) in [7, 11) is 2.62. The van der Waals surface area contributed by atoms with Crippen molar-refractivity contribution in [3.8, 4) is 0 Å². The zero-order chi connectivity index (χ0) is 12.8. The van der Waals surface area contributed by atoms with Crippen molar-refractivity contribution in [2.45, 2.75) is 24.6 Å². The number of aryl methyl sites for hydroxylation is 1. The molecule has 1 amide bonds. The zero-order valence-electron chi connectivity index (χ0n) is 9.32. The second-order valence-electron chi connectivity index (χ2n) is 4.14. The fourth-order valence-corrected chi connectivity index (χ4v) is 1.78. The number of halogens is 3. The Morgan fingerprint density at radius 1 is 1.53 bits per heavy atom. The molecule has 0 saturated heterocycles. The summed E-state index contributed by atoms with van der Waals surface area (Å²) < 4.78 is 39.6. The molecule has 8 heteroatoms. The lowest BCUT2D eigenvalue weighted by Gasteiger charge is -2.29. The molecule has 1 aromatic rings. The highest BCUT2D eigenvalue weighted by molar-refractivity contribution is 5.92. The lowest BCUT2D eigenvalue weighted by Crippen LogP contribution is -2.49. The lowest BCUT2D eigenvalue weighted by atomic mass is 10.2. The maximum absolute atomic E-state index is 12.8. The van der Waals surface area contributed by atoms with Crippen molar-refractivity contribution in [1.82, 2.24) is 19.9 Å². The Kier molecular flexibility index (Phi) is 2.41. The van der Waals surface area contributed by atoms with Crippen LogP contribution in [0.1, 0.15) is 23.3 Å². The maximum Gasteiger partial charge on any atom is 0.411 e. The molecule has 5 nitrogen and oxygen atoms in total. The third-order valence-corrected chi connectivity index (χ3v) is 3.13. The monoisotopic (exact) mass is 248 g/mol. The van der Waals surface area contributed by atoms with Gasteiger partial charge in [0.25, 0.3) is 5.91 Å². The number of aromatic nitrogens is 3. The Labute approximate surface area is 95.2 Å². The Morgan fingerprint density at radius 3 is 2.47 bits per heavy atom. The summed E-state index contributed by atoms with van der Waals surface area (Å²) in [4.78, 5) is 12.6. The van der Waals surface area contributed by atoms with Crippen LogP contribution in [0.2, 0.25) is 0 Å². The minimum Gasteiger partial charge on any atom is -0.326 e. The van der Waals surface area contributed by atoms with Gasteiger partial charge in [-0.2, -0.15) is 13.2 Å². The van der Waals surface area contributed by atoms with Gasteiger partial charge in [0.15, 0.2) is 0 Å². The van der Waals surface area contributed by atoms with E-state index in [9.17, 15) is 18.0 Å². The molecule has 1 heterocycles. The van der Waals surface area contributed by atoms with Gasteiger partial charge in [-0.3, -0.25) is 4.79 Å². The normalized spacial score (nSPS) is 17.9. The molecule has 2 rings (SSSR count). The van der Waals surface area contributed by atoms with E-state index in [0.29, 0.717) is 0 Å². The van der Waals surface area contributed by atoms with Crippen LogP contribution in [-0.2, 0) is 7.05 Å². The number of hydrogen-bond acceptors (Lipinski definition) is 3. The van der Waals surface area contributed by atoms with E-state index in [1.165, 1.54) is 7.05 Å². The second kappa shape index (κ2) is 3.44. The van der Waals surface area contributed by atoms with Crippen LogP contribution in [0.3, 0.4) is 0 Å². The van der Waals surface area contributed by atoms with E-state index < -0.39 is 17.6 Å². The Bertz CT molecular complexity index is 449. The quantitative estimate of drug-likeness (QED) is 0.784. The number of carbonyl (C=O) groups excluding carboxylic acids is 1. The SMILES string of the molecule is CN(C(=O)c1cnnn1C)C1(C(F)(F)F)CC1. The summed E-state index contributed by atoms with van der Waals surface area (Å²) in [5.74, 6) is -0.715. The first-order valence-electron chi connectivity index (χ1n) is 4.99.